The number of hydrogen-bond donors (Lipinski definition) is 0. The van der Waals surface area contributed by atoms with Gasteiger partial charge in [0, 0.05) is 43.3 Å². The number of anilines is 2. The van der Waals surface area contributed by atoms with Gasteiger partial charge < -0.3 is 19.3 Å². The summed E-state index contributed by atoms with van der Waals surface area (Å²) in [5.74, 6) is 1.98. The lowest BCUT2D eigenvalue weighted by Crippen LogP contribution is -2.46. The summed E-state index contributed by atoms with van der Waals surface area (Å²) in [6.07, 6.45) is 1.58. The van der Waals surface area contributed by atoms with Crippen molar-refractivity contribution in [3.8, 4) is 11.5 Å². The Morgan fingerprint density at radius 3 is 2.15 bits per heavy atom. The molecule has 1 fully saturated rings. The molecule has 4 rings (SSSR count). The number of methoxy groups -OCH3 is 2. The second kappa shape index (κ2) is 7.26. The van der Waals surface area contributed by atoms with Crippen molar-refractivity contribution in [1.82, 2.24) is 9.97 Å². The number of rotatable bonds is 4. The van der Waals surface area contributed by atoms with E-state index in [1.807, 2.05) is 24.3 Å². The van der Waals surface area contributed by atoms with Crippen molar-refractivity contribution in [2.75, 3.05) is 50.2 Å². The summed E-state index contributed by atoms with van der Waals surface area (Å²) >= 11 is 0. The first-order chi connectivity index (χ1) is 13.2. The molecule has 2 aromatic carbocycles. The van der Waals surface area contributed by atoms with Crippen molar-refractivity contribution >= 4 is 22.4 Å². The number of hydrogen-bond acceptors (Lipinski definition) is 6. The summed E-state index contributed by atoms with van der Waals surface area (Å²) in [4.78, 5) is 13.4. The Bertz CT molecular complexity index is 941. The van der Waals surface area contributed by atoms with Gasteiger partial charge in [-0.3, -0.25) is 0 Å². The van der Waals surface area contributed by atoms with Gasteiger partial charge in [0.05, 0.1) is 19.7 Å². The van der Waals surface area contributed by atoms with Crippen molar-refractivity contribution in [3.63, 3.8) is 0 Å². The molecule has 2 heterocycles. The molecule has 1 aromatic heterocycles. The quantitative estimate of drug-likeness (QED) is 0.705. The molecule has 0 unspecified atom stereocenters. The second-order valence-electron chi connectivity index (χ2n) is 6.37. The highest BCUT2D eigenvalue weighted by Gasteiger charge is 2.21. The molecule has 1 saturated heterocycles. The average Bonchev–Trinajstić information content (AvgIpc) is 2.73. The standard InChI is InChI=1S/C20H21FN4O2/c1-26-18-11-16-17(12-19(18)27-2)22-13-23-20(16)25-9-7-24(8-10-25)15-5-3-14(21)4-6-15/h3-6,11-13H,7-10H2,1-2H3. The fraction of sp³-hybridized carbons (Fsp3) is 0.300. The van der Waals surface area contributed by atoms with Gasteiger partial charge in [-0.05, 0) is 30.3 Å². The van der Waals surface area contributed by atoms with Crippen LogP contribution in [-0.4, -0.2) is 50.4 Å². The zero-order valence-corrected chi connectivity index (χ0v) is 15.4. The van der Waals surface area contributed by atoms with Crippen molar-refractivity contribution in [2.45, 2.75) is 0 Å². The van der Waals surface area contributed by atoms with Crippen molar-refractivity contribution in [2.24, 2.45) is 0 Å². The summed E-state index contributed by atoms with van der Waals surface area (Å²) in [6.45, 7) is 3.31. The fourth-order valence-corrected chi connectivity index (χ4v) is 3.45. The minimum Gasteiger partial charge on any atom is -0.493 e. The van der Waals surface area contributed by atoms with Gasteiger partial charge in [0.1, 0.15) is 18.0 Å². The van der Waals surface area contributed by atoms with E-state index in [4.69, 9.17) is 9.47 Å². The van der Waals surface area contributed by atoms with E-state index >= 15 is 0 Å². The predicted molar refractivity (Wildman–Crippen MR) is 103 cm³/mol. The Hall–Kier alpha value is -3.09. The lowest BCUT2D eigenvalue weighted by molar-refractivity contribution is 0.356. The monoisotopic (exact) mass is 368 g/mol. The molecule has 1 aliphatic heterocycles. The average molecular weight is 368 g/mol. The first-order valence-electron chi connectivity index (χ1n) is 8.82. The van der Waals surface area contributed by atoms with Crippen LogP contribution in [0.4, 0.5) is 15.9 Å². The van der Waals surface area contributed by atoms with Crippen LogP contribution in [0.1, 0.15) is 0 Å². The normalized spacial score (nSPS) is 14.5. The van der Waals surface area contributed by atoms with Crippen LogP contribution in [0, 0.1) is 5.82 Å². The number of piperazine rings is 1. The van der Waals surface area contributed by atoms with Crippen LogP contribution in [0.25, 0.3) is 10.9 Å². The highest BCUT2D eigenvalue weighted by Crippen LogP contribution is 2.35. The lowest BCUT2D eigenvalue weighted by atomic mass is 10.1. The van der Waals surface area contributed by atoms with Gasteiger partial charge in [0.15, 0.2) is 11.5 Å². The molecule has 7 heteroatoms. The zero-order chi connectivity index (χ0) is 18.8. The number of aromatic nitrogens is 2. The number of halogens is 1. The van der Waals surface area contributed by atoms with Gasteiger partial charge in [-0.2, -0.15) is 0 Å². The molecule has 0 N–H and O–H groups in total. The fourth-order valence-electron chi connectivity index (χ4n) is 3.45. The zero-order valence-electron chi connectivity index (χ0n) is 15.4. The molecule has 0 radical (unpaired) electrons. The van der Waals surface area contributed by atoms with E-state index in [-0.39, 0.29) is 5.82 Å². The molecule has 0 saturated carbocycles. The molecule has 0 spiro atoms. The SMILES string of the molecule is COc1cc2ncnc(N3CCN(c4ccc(F)cc4)CC3)c2cc1OC. The Morgan fingerprint density at radius 2 is 1.48 bits per heavy atom. The first kappa shape index (κ1) is 17.3. The number of ether oxygens (including phenoxy) is 2. The highest BCUT2D eigenvalue weighted by atomic mass is 19.1. The van der Waals surface area contributed by atoms with Gasteiger partial charge >= 0.3 is 0 Å². The minimum atomic E-state index is -0.214. The van der Waals surface area contributed by atoms with Crippen LogP contribution in [0.3, 0.4) is 0 Å². The van der Waals surface area contributed by atoms with Crippen molar-refractivity contribution < 1.29 is 13.9 Å². The topological polar surface area (TPSA) is 50.7 Å². The van der Waals surface area contributed by atoms with E-state index < -0.39 is 0 Å². The molecule has 0 atom stereocenters. The Kier molecular flexibility index (Phi) is 4.66. The first-order valence-corrected chi connectivity index (χ1v) is 8.82. The molecule has 140 valence electrons. The van der Waals surface area contributed by atoms with E-state index in [0.717, 1.165) is 48.6 Å². The second-order valence-corrected chi connectivity index (χ2v) is 6.37. The van der Waals surface area contributed by atoms with Crippen LogP contribution >= 0.6 is 0 Å². The van der Waals surface area contributed by atoms with E-state index in [1.54, 1.807) is 20.5 Å². The summed E-state index contributed by atoms with van der Waals surface area (Å²) in [5, 5.41) is 0.936. The Labute approximate surface area is 157 Å². The van der Waals surface area contributed by atoms with Crippen LogP contribution < -0.4 is 19.3 Å². The van der Waals surface area contributed by atoms with E-state index in [1.165, 1.54) is 12.1 Å². The summed E-state index contributed by atoms with van der Waals surface area (Å²) < 4.78 is 23.9. The smallest absolute Gasteiger partial charge is 0.162 e. The van der Waals surface area contributed by atoms with Crippen molar-refractivity contribution in [3.05, 3.63) is 48.5 Å². The van der Waals surface area contributed by atoms with E-state index in [2.05, 4.69) is 19.8 Å². The molecule has 3 aromatic rings. The molecule has 1 aliphatic rings. The number of fused-ring (bicyclic) bond motifs is 1. The lowest BCUT2D eigenvalue weighted by Gasteiger charge is -2.37. The molecule has 0 amide bonds. The number of nitrogens with zero attached hydrogens (tertiary/aromatic N) is 4. The third-order valence-electron chi connectivity index (χ3n) is 4.89. The maximum absolute atomic E-state index is 13.1. The highest BCUT2D eigenvalue weighted by molar-refractivity contribution is 5.92. The van der Waals surface area contributed by atoms with E-state index in [9.17, 15) is 4.39 Å². The minimum absolute atomic E-state index is 0.214. The summed E-state index contributed by atoms with van der Waals surface area (Å²) in [7, 11) is 3.23. The van der Waals surface area contributed by atoms with Crippen molar-refractivity contribution in [1.29, 1.82) is 0 Å². The molecule has 0 bridgehead atoms. The van der Waals surface area contributed by atoms with Crippen LogP contribution in [0.2, 0.25) is 0 Å². The molecule has 6 nitrogen and oxygen atoms in total. The summed E-state index contributed by atoms with van der Waals surface area (Å²) in [5.41, 5.74) is 1.86. The largest absolute Gasteiger partial charge is 0.493 e. The van der Waals surface area contributed by atoms with Crippen LogP contribution in [0.5, 0.6) is 11.5 Å². The van der Waals surface area contributed by atoms with Gasteiger partial charge in [-0.1, -0.05) is 0 Å². The van der Waals surface area contributed by atoms with Gasteiger partial charge in [0.25, 0.3) is 0 Å². The molecule has 27 heavy (non-hydrogen) atoms. The van der Waals surface area contributed by atoms with Gasteiger partial charge in [-0.25, -0.2) is 14.4 Å². The predicted octanol–water partition coefficient (Wildman–Crippen LogP) is 3.11. The number of benzene rings is 2. The van der Waals surface area contributed by atoms with Crippen LogP contribution in [0.15, 0.2) is 42.7 Å². The van der Waals surface area contributed by atoms with Gasteiger partial charge in [-0.15, -0.1) is 0 Å². The maximum Gasteiger partial charge on any atom is 0.162 e. The summed E-state index contributed by atoms with van der Waals surface area (Å²) in [6, 6.07) is 10.4. The van der Waals surface area contributed by atoms with E-state index in [0.29, 0.717) is 11.5 Å². The maximum atomic E-state index is 13.1. The molecule has 0 aliphatic carbocycles. The Balaban J connectivity index is 1.59. The third-order valence-corrected chi connectivity index (χ3v) is 4.89. The van der Waals surface area contributed by atoms with Gasteiger partial charge in [0.2, 0.25) is 0 Å². The van der Waals surface area contributed by atoms with Crippen LogP contribution in [-0.2, 0) is 0 Å². The third kappa shape index (κ3) is 3.32. The Morgan fingerprint density at radius 1 is 0.852 bits per heavy atom. The molecular formula is C20H21FN4O2. The molecular weight excluding hydrogens is 347 g/mol.